The highest BCUT2D eigenvalue weighted by Gasteiger charge is 2.08. The Morgan fingerprint density at radius 2 is 2.29 bits per heavy atom. The molecule has 1 rings (SSSR count). The number of hydrogen-bond donors (Lipinski definition) is 3. The van der Waals surface area contributed by atoms with Gasteiger partial charge in [0.1, 0.15) is 5.75 Å². The zero-order chi connectivity index (χ0) is 12.7. The summed E-state index contributed by atoms with van der Waals surface area (Å²) in [6, 6.07) is 5.51. The van der Waals surface area contributed by atoms with Crippen molar-refractivity contribution in [3.05, 3.63) is 29.3 Å². The van der Waals surface area contributed by atoms with Gasteiger partial charge in [-0.2, -0.15) is 11.8 Å². The van der Waals surface area contributed by atoms with Gasteiger partial charge in [0.15, 0.2) is 5.84 Å². The van der Waals surface area contributed by atoms with E-state index >= 15 is 0 Å². The van der Waals surface area contributed by atoms with Crippen LogP contribution in [0.25, 0.3) is 0 Å². The van der Waals surface area contributed by atoms with Gasteiger partial charge in [0, 0.05) is 11.5 Å². The summed E-state index contributed by atoms with van der Waals surface area (Å²) in [4.78, 5) is 0. The summed E-state index contributed by atoms with van der Waals surface area (Å²) in [6.07, 6.45) is 0. The van der Waals surface area contributed by atoms with Crippen LogP contribution in [0.4, 0.5) is 0 Å². The largest absolute Gasteiger partial charge is 0.496 e. The fourth-order valence-electron chi connectivity index (χ4n) is 1.35. The van der Waals surface area contributed by atoms with Gasteiger partial charge in [0.05, 0.1) is 19.3 Å². The second kappa shape index (κ2) is 7.03. The van der Waals surface area contributed by atoms with E-state index in [-0.39, 0.29) is 12.4 Å². The number of methoxy groups -OCH3 is 1. The molecule has 4 N–H and O–H groups in total. The number of aliphatic hydroxyl groups excluding tert-OH is 1. The van der Waals surface area contributed by atoms with E-state index in [2.05, 4.69) is 5.16 Å². The highest BCUT2D eigenvalue weighted by Crippen LogP contribution is 2.22. The van der Waals surface area contributed by atoms with Crippen LogP contribution in [0.5, 0.6) is 5.75 Å². The standard InChI is InChI=1S/C11H16N2O3S/c1-16-10-3-2-8(7-17-5-4-14)6-9(10)11(12)13-15/h2-3,6,14-15H,4-5,7H2,1H3,(H2,12,13). The van der Waals surface area contributed by atoms with Crippen molar-refractivity contribution >= 4 is 17.6 Å². The molecular weight excluding hydrogens is 240 g/mol. The molecule has 0 atom stereocenters. The lowest BCUT2D eigenvalue weighted by Gasteiger charge is -2.09. The van der Waals surface area contributed by atoms with Crippen molar-refractivity contribution in [2.45, 2.75) is 5.75 Å². The predicted octanol–water partition coefficient (Wildman–Crippen LogP) is 1.02. The molecule has 0 radical (unpaired) electrons. The molecule has 5 nitrogen and oxygen atoms in total. The van der Waals surface area contributed by atoms with E-state index < -0.39 is 0 Å². The lowest BCUT2D eigenvalue weighted by molar-refractivity contribution is 0.318. The molecule has 0 aliphatic carbocycles. The number of nitrogens with two attached hydrogens (primary N) is 1. The molecule has 0 bridgehead atoms. The van der Waals surface area contributed by atoms with E-state index in [1.54, 1.807) is 17.8 Å². The number of aliphatic hydroxyl groups is 1. The Labute approximate surface area is 104 Å². The molecule has 0 spiro atoms. The molecule has 0 heterocycles. The molecule has 0 fully saturated rings. The first-order chi connectivity index (χ1) is 8.22. The minimum Gasteiger partial charge on any atom is -0.496 e. The van der Waals surface area contributed by atoms with Crippen LogP contribution in [0.15, 0.2) is 23.4 Å². The minimum absolute atomic E-state index is 0.0239. The van der Waals surface area contributed by atoms with Gasteiger partial charge in [0.2, 0.25) is 0 Å². The quantitative estimate of drug-likeness (QED) is 0.232. The summed E-state index contributed by atoms with van der Waals surface area (Å²) in [5.74, 6) is 2.04. The molecule has 17 heavy (non-hydrogen) atoms. The van der Waals surface area contributed by atoms with E-state index in [0.717, 1.165) is 11.3 Å². The van der Waals surface area contributed by atoms with Crippen molar-refractivity contribution in [3.63, 3.8) is 0 Å². The Morgan fingerprint density at radius 1 is 1.53 bits per heavy atom. The Bertz CT molecular complexity index is 396. The molecule has 6 heteroatoms. The fraction of sp³-hybridized carbons (Fsp3) is 0.364. The number of nitrogens with zero attached hydrogens (tertiary/aromatic N) is 1. The predicted molar refractivity (Wildman–Crippen MR) is 68.8 cm³/mol. The van der Waals surface area contributed by atoms with E-state index in [4.69, 9.17) is 20.8 Å². The molecule has 1 aromatic carbocycles. The maximum absolute atomic E-state index is 8.69. The van der Waals surface area contributed by atoms with Gasteiger partial charge >= 0.3 is 0 Å². The summed E-state index contributed by atoms with van der Waals surface area (Å²) in [6.45, 7) is 0.161. The minimum atomic E-state index is 0.0239. The summed E-state index contributed by atoms with van der Waals surface area (Å²) in [5.41, 5.74) is 7.17. The lowest BCUT2D eigenvalue weighted by atomic mass is 10.1. The number of thioether (sulfide) groups is 1. The maximum atomic E-state index is 8.69. The summed E-state index contributed by atoms with van der Waals surface area (Å²) in [7, 11) is 1.53. The molecule has 1 aromatic rings. The molecule has 0 saturated carbocycles. The average molecular weight is 256 g/mol. The Hall–Kier alpha value is -1.40. The van der Waals surface area contributed by atoms with Crippen LogP contribution in [0.3, 0.4) is 0 Å². The Kier molecular flexibility index (Phi) is 5.65. The second-order valence-electron chi connectivity index (χ2n) is 3.30. The zero-order valence-electron chi connectivity index (χ0n) is 9.59. The van der Waals surface area contributed by atoms with Crippen LogP contribution in [0, 0.1) is 0 Å². The molecule has 0 saturated heterocycles. The van der Waals surface area contributed by atoms with Crippen molar-refractivity contribution in [1.82, 2.24) is 0 Å². The lowest BCUT2D eigenvalue weighted by Crippen LogP contribution is -2.14. The number of benzene rings is 1. The van der Waals surface area contributed by atoms with Crippen LogP contribution < -0.4 is 10.5 Å². The average Bonchev–Trinajstić information content (AvgIpc) is 2.38. The summed E-state index contributed by atoms with van der Waals surface area (Å²) in [5, 5.41) is 20.3. The van der Waals surface area contributed by atoms with E-state index in [0.29, 0.717) is 17.1 Å². The topological polar surface area (TPSA) is 88.1 Å². The number of ether oxygens (including phenoxy) is 1. The number of oxime groups is 1. The van der Waals surface area contributed by atoms with Gasteiger partial charge < -0.3 is 20.8 Å². The first kappa shape index (κ1) is 13.7. The maximum Gasteiger partial charge on any atom is 0.173 e. The monoisotopic (exact) mass is 256 g/mol. The third-order valence-corrected chi connectivity index (χ3v) is 3.16. The fourth-order valence-corrected chi connectivity index (χ4v) is 2.04. The van der Waals surface area contributed by atoms with Crippen molar-refractivity contribution in [2.75, 3.05) is 19.5 Å². The van der Waals surface area contributed by atoms with E-state index in [9.17, 15) is 0 Å². The van der Waals surface area contributed by atoms with Crippen molar-refractivity contribution in [2.24, 2.45) is 10.9 Å². The first-order valence-electron chi connectivity index (χ1n) is 5.06. The molecule has 0 aliphatic rings. The van der Waals surface area contributed by atoms with Gasteiger partial charge in [0.25, 0.3) is 0 Å². The van der Waals surface area contributed by atoms with Crippen molar-refractivity contribution in [1.29, 1.82) is 0 Å². The highest BCUT2D eigenvalue weighted by atomic mass is 32.2. The van der Waals surface area contributed by atoms with Gasteiger partial charge in [-0.25, -0.2) is 0 Å². The molecule has 0 aliphatic heterocycles. The van der Waals surface area contributed by atoms with Crippen LogP contribution in [0.1, 0.15) is 11.1 Å². The molecule has 0 aromatic heterocycles. The van der Waals surface area contributed by atoms with Crippen molar-refractivity contribution < 1.29 is 15.1 Å². The zero-order valence-corrected chi connectivity index (χ0v) is 10.4. The van der Waals surface area contributed by atoms with Gasteiger partial charge in [-0.3, -0.25) is 0 Å². The van der Waals surface area contributed by atoms with Crippen molar-refractivity contribution in [3.8, 4) is 5.75 Å². The first-order valence-corrected chi connectivity index (χ1v) is 6.21. The second-order valence-corrected chi connectivity index (χ2v) is 4.40. The number of amidine groups is 1. The molecule has 0 unspecified atom stereocenters. The Morgan fingerprint density at radius 3 is 2.88 bits per heavy atom. The van der Waals surface area contributed by atoms with Crippen LogP contribution in [0.2, 0.25) is 0 Å². The molecular formula is C11H16N2O3S. The molecule has 94 valence electrons. The summed E-state index contributed by atoms with van der Waals surface area (Å²) >= 11 is 1.61. The normalized spacial score (nSPS) is 11.5. The highest BCUT2D eigenvalue weighted by molar-refractivity contribution is 7.98. The van der Waals surface area contributed by atoms with Crippen LogP contribution in [-0.4, -0.2) is 35.6 Å². The Balaban J connectivity index is 2.89. The van der Waals surface area contributed by atoms with Gasteiger partial charge in [-0.15, -0.1) is 0 Å². The third-order valence-electron chi connectivity index (χ3n) is 2.15. The van der Waals surface area contributed by atoms with E-state index in [1.807, 2.05) is 12.1 Å². The summed E-state index contributed by atoms with van der Waals surface area (Å²) < 4.78 is 5.13. The van der Waals surface area contributed by atoms with Crippen LogP contribution >= 0.6 is 11.8 Å². The van der Waals surface area contributed by atoms with Gasteiger partial charge in [-0.1, -0.05) is 11.2 Å². The molecule has 0 amide bonds. The van der Waals surface area contributed by atoms with E-state index in [1.165, 1.54) is 7.11 Å². The number of rotatable bonds is 6. The smallest absolute Gasteiger partial charge is 0.173 e. The SMILES string of the molecule is COc1ccc(CSCCO)cc1C(N)=NO. The third kappa shape index (κ3) is 3.83. The van der Waals surface area contributed by atoms with Crippen LogP contribution in [-0.2, 0) is 5.75 Å². The van der Waals surface area contributed by atoms with Gasteiger partial charge in [-0.05, 0) is 17.7 Å². The number of hydrogen-bond acceptors (Lipinski definition) is 5.